The molecule has 0 radical (unpaired) electrons. The fourth-order valence-electron chi connectivity index (χ4n) is 1.65. The lowest BCUT2D eigenvalue weighted by Crippen LogP contribution is -2.26. The minimum atomic E-state index is -0.991. The van der Waals surface area contributed by atoms with Gasteiger partial charge in [0.2, 0.25) is 6.10 Å². The summed E-state index contributed by atoms with van der Waals surface area (Å²) in [5.41, 5.74) is 0. The normalized spacial score (nSPS) is 24.3. The minimum Gasteiger partial charge on any atom is -0.464 e. The Labute approximate surface area is 120 Å². The van der Waals surface area contributed by atoms with E-state index in [0.29, 0.717) is 12.8 Å². The van der Waals surface area contributed by atoms with E-state index in [2.05, 4.69) is 9.47 Å². The molecular weight excluding hydrogens is 288 g/mol. The number of unbranched alkanes of at least 4 members (excludes halogenated alkanes) is 1. The molecule has 0 saturated carbocycles. The van der Waals surface area contributed by atoms with Crippen molar-refractivity contribution in [3.05, 3.63) is 0 Å². The standard InChI is InChI=1S/C12H16O9/c13-10(8-5-16-7-20-8)17-3-1-2-4-18-11(14)9-6-19-12(15)21-9/h8-9H,1-7H2. The predicted octanol–water partition coefficient (Wildman–Crippen LogP) is -0.239. The van der Waals surface area contributed by atoms with E-state index in [1.54, 1.807) is 0 Å². The summed E-state index contributed by atoms with van der Waals surface area (Å²) in [5.74, 6) is -1.10. The van der Waals surface area contributed by atoms with Gasteiger partial charge < -0.3 is 28.4 Å². The molecule has 0 aromatic carbocycles. The van der Waals surface area contributed by atoms with Crippen LogP contribution in [0.3, 0.4) is 0 Å². The van der Waals surface area contributed by atoms with Crippen molar-refractivity contribution in [2.75, 3.05) is 33.2 Å². The van der Waals surface area contributed by atoms with Crippen molar-refractivity contribution in [3.63, 3.8) is 0 Å². The Morgan fingerprint density at radius 1 is 1.05 bits per heavy atom. The molecule has 2 aliphatic heterocycles. The van der Waals surface area contributed by atoms with Crippen LogP contribution in [0.25, 0.3) is 0 Å². The molecule has 2 rings (SSSR count). The lowest BCUT2D eigenvalue weighted by atomic mass is 10.3. The lowest BCUT2D eigenvalue weighted by molar-refractivity contribution is -0.155. The largest absolute Gasteiger partial charge is 0.509 e. The maximum Gasteiger partial charge on any atom is 0.509 e. The highest BCUT2D eigenvalue weighted by Gasteiger charge is 2.32. The average Bonchev–Trinajstić information content (AvgIpc) is 3.13. The molecule has 2 fully saturated rings. The van der Waals surface area contributed by atoms with Crippen molar-refractivity contribution in [2.24, 2.45) is 0 Å². The van der Waals surface area contributed by atoms with E-state index in [4.69, 9.17) is 18.9 Å². The van der Waals surface area contributed by atoms with E-state index in [-0.39, 0.29) is 33.2 Å². The topological polar surface area (TPSA) is 107 Å². The van der Waals surface area contributed by atoms with Gasteiger partial charge in [-0.05, 0) is 12.8 Å². The Kier molecular flexibility index (Phi) is 5.76. The molecule has 0 N–H and O–H groups in total. The molecule has 2 heterocycles. The van der Waals surface area contributed by atoms with Crippen LogP contribution in [0.1, 0.15) is 12.8 Å². The van der Waals surface area contributed by atoms with Gasteiger partial charge >= 0.3 is 18.1 Å². The van der Waals surface area contributed by atoms with E-state index in [0.717, 1.165) is 0 Å². The smallest absolute Gasteiger partial charge is 0.464 e. The van der Waals surface area contributed by atoms with Crippen LogP contribution < -0.4 is 0 Å². The molecule has 0 amide bonds. The van der Waals surface area contributed by atoms with Gasteiger partial charge in [-0.1, -0.05) is 0 Å². The van der Waals surface area contributed by atoms with Crippen LogP contribution in [0.2, 0.25) is 0 Å². The van der Waals surface area contributed by atoms with Crippen LogP contribution in [-0.2, 0) is 38.0 Å². The zero-order chi connectivity index (χ0) is 15.1. The van der Waals surface area contributed by atoms with Crippen molar-refractivity contribution >= 4 is 18.1 Å². The molecule has 0 bridgehead atoms. The molecule has 21 heavy (non-hydrogen) atoms. The van der Waals surface area contributed by atoms with Crippen LogP contribution in [0, 0.1) is 0 Å². The molecular formula is C12H16O9. The number of esters is 2. The fourth-order valence-corrected chi connectivity index (χ4v) is 1.65. The Balaban J connectivity index is 1.47. The zero-order valence-corrected chi connectivity index (χ0v) is 11.3. The second kappa shape index (κ2) is 7.79. The first kappa shape index (κ1) is 15.5. The first-order valence-electron chi connectivity index (χ1n) is 6.53. The van der Waals surface area contributed by atoms with E-state index in [1.165, 1.54) is 0 Å². The van der Waals surface area contributed by atoms with Crippen LogP contribution in [0.5, 0.6) is 0 Å². The second-order valence-corrected chi connectivity index (χ2v) is 4.35. The summed E-state index contributed by atoms with van der Waals surface area (Å²) in [6.45, 7) is 0.535. The Morgan fingerprint density at radius 2 is 1.71 bits per heavy atom. The number of carbonyl (C=O) groups excluding carboxylic acids is 3. The SMILES string of the molecule is O=C1OCC(C(=O)OCCCCOC(=O)C2COCO2)O1. The van der Waals surface area contributed by atoms with E-state index >= 15 is 0 Å². The monoisotopic (exact) mass is 304 g/mol. The summed E-state index contributed by atoms with van der Waals surface area (Å²) in [6, 6.07) is 0. The summed E-state index contributed by atoms with van der Waals surface area (Å²) >= 11 is 0. The number of cyclic esters (lactones) is 2. The van der Waals surface area contributed by atoms with Crippen molar-refractivity contribution in [1.82, 2.24) is 0 Å². The minimum absolute atomic E-state index is 0.102. The van der Waals surface area contributed by atoms with Crippen molar-refractivity contribution in [1.29, 1.82) is 0 Å². The third-order valence-electron chi connectivity index (χ3n) is 2.77. The third-order valence-corrected chi connectivity index (χ3v) is 2.77. The van der Waals surface area contributed by atoms with Crippen LogP contribution in [-0.4, -0.2) is 63.5 Å². The number of carbonyl (C=O) groups is 3. The van der Waals surface area contributed by atoms with Gasteiger partial charge in [-0.2, -0.15) is 0 Å². The van der Waals surface area contributed by atoms with Gasteiger partial charge in [-0.3, -0.25) is 0 Å². The molecule has 0 aromatic rings. The maximum absolute atomic E-state index is 11.4. The number of hydrogen-bond donors (Lipinski definition) is 0. The number of rotatable bonds is 7. The average molecular weight is 304 g/mol. The Hall–Kier alpha value is -1.87. The molecule has 118 valence electrons. The summed E-state index contributed by atoms with van der Waals surface area (Å²) in [5, 5.41) is 0. The first-order chi connectivity index (χ1) is 10.2. The molecule has 9 heteroatoms. The van der Waals surface area contributed by atoms with Crippen LogP contribution in [0.4, 0.5) is 4.79 Å². The third kappa shape index (κ3) is 4.87. The van der Waals surface area contributed by atoms with Gasteiger partial charge in [0.25, 0.3) is 0 Å². The van der Waals surface area contributed by atoms with Gasteiger partial charge in [-0.25, -0.2) is 14.4 Å². The van der Waals surface area contributed by atoms with Crippen LogP contribution in [0.15, 0.2) is 0 Å². The Bertz CT molecular complexity index is 388. The number of ether oxygens (including phenoxy) is 6. The second-order valence-electron chi connectivity index (χ2n) is 4.35. The molecule has 2 aliphatic rings. The molecule has 2 saturated heterocycles. The van der Waals surface area contributed by atoms with E-state index in [9.17, 15) is 14.4 Å². The summed E-state index contributed by atoms with van der Waals surface area (Å²) in [4.78, 5) is 33.5. The van der Waals surface area contributed by atoms with Gasteiger partial charge in [0.1, 0.15) is 13.4 Å². The highest BCUT2D eigenvalue weighted by molar-refractivity contribution is 5.79. The summed E-state index contributed by atoms with van der Waals surface area (Å²) in [6.07, 6.45) is -1.47. The molecule has 2 atom stereocenters. The molecule has 0 aromatic heterocycles. The highest BCUT2D eigenvalue weighted by Crippen LogP contribution is 2.08. The van der Waals surface area contributed by atoms with Gasteiger partial charge in [0.15, 0.2) is 6.10 Å². The first-order valence-corrected chi connectivity index (χ1v) is 6.53. The zero-order valence-electron chi connectivity index (χ0n) is 11.3. The molecule has 0 spiro atoms. The van der Waals surface area contributed by atoms with Gasteiger partial charge in [0.05, 0.1) is 19.8 Å². The lowest BCUT2D eigenvalue weighted by Gasteiger charge is -2.09. The number of hydrogen-bond acceptors (Lipinski definition) is 9. The maximum atomic E-state index is 11.4. The molecule has 0 aliphatic carbocycles. The fraction of sp³-hybridized carbons (Fsp3) is 0.750. The summed E-state index contributed by atoms with van der Waals surface area (Å²) in [7, 11) is 0. The quantitative estimate of drug-likeness (QED) is 0.358. The summed E-state index contributed by atoms with van der Waals surface area (Å²) < 4.78 is 28.7. The predicted molar refractivity (Wildman–Crippen MR) is 63.1 cm³/mol. The van der Waals surface area contributed by atoms with E-state index in [1.807, 2.05) is 0 Å². The van der Waals surface area contributed by atoms with Gasteiger partial charge in [0, 0.05) is 0 Å². The van der Waals surface area contributed by atoms with Crippen molar-refractivity contribution in [2.45, 2.75) is 25.0 Å². The molecule has 2 unspecified atom stereocenters. The van der Waals surface area contributed by atoms with Crippen LogP contribution >= 0.6 is 0 Å². The van der Waals surface area contributed by atoms with E-state index < -0.39 is 30.3 Å². The molecule has 9 nitrogen and oxygen atoms in total. The van der Waals surface area contributed by atoms with Gasteiger partial charge in [-0.15, -0.1) is 0 Å². The van der Waals surface area contributed by atoms with Crippen molar-refractivity contribution < 1.29 is 42.8 Å². The van der Waals surface area contributed by atoms with Crippen molar-refractivity contribution in [3.8, 4) is 0 Å². The highest BCUT2D eigenvalue weighted by atomic mass is 16.8. The Morgan fingerprint density at radius 3 is 2.24 bits per heavy atom.